The minimum absolute atomic E-state index is 0.487. The van der Waals surface area contributed by atoms with Gasteiger partial charge in [0.1, 0.15) is 12.4 Å². The van der Waals surface area contributed by atoms with Gasteiger partial charge in [-0.1, -0.05) is 11.6 Å². The number of nitrogens with one attached hydrogen (secondary N) is 1. The van der Waals surface area contributed by atoms with E-state index in [1.54, 1.807) is 6.07 Å². The third-order valence-electron chi connectivity index (χ3n) is 2.00. The molecule has 0 saturated carbocycles. The number of hydrogen-bond acceptors (Lipinski definition) is 2. The summed E-state index contributed by atoms with van der Waals surface area (Å²) in [5.74, 6) is 0.763. The molecule has 0 amide bonds. The molecule has 0 aliphatic rings. The number of aryl methyl sites for hydroxylation is 1. The molecule has 0 aromatic heterocycles. The summed E-state index contributed by atoms with van der Waals surface area (Å²) < 4.78 is 6.40. The van der Waals surface area contributed by atoms with E-state index < -0.39 is 0 Å². The Morgan fingerprint density at radius 2 is 2.19 bits per heavy atom. The molecular formula is C11H12Br2ClNO. The fraction of sp³-hybridized carbons (Fsp3) is 0.273. The molecule has 1 aromatic carbocycles. The Hall–Kier alpha value is -0.190. The molecule has 5 heteroatoms. The number of hydrogen-bond donors (Lipinski definition) is 1. The molecule has 0 saturated heterocycles. The summed E-state index contributed by atoms with van der Waals surface area (Å²) >= 11 is 12.6. The zero-order chi connectivity index (χ0) is 12.1. The summed E-state index contributed by atoms with van der Waals surface area (Å²) in [7, 11) is 1.85. The first kappa shape index (κ1) is 13.9. The van der Waals surface area contributed by atoms with E-state index in [2.05, 4.69) is 37.2 Å². The van der Waals surface area contributed by atoms with Gasteiger partial charge in [0.15, 0.2) is 0 Å². The maximum absolute atomic E-state index is 6.10. The van der Waals surface area contributed by atoms with Gasteiger partial charge in [0, 0.05) is 13.1 Å². The van der Waals surface area contributed by atoms with Crippen molar-refractivity contribution in [3.8, 4) is 5.75 Å². The van der Waals surface area contributed by atoms with Gasteiger partial charge in [-0.25, -0.2) is 0 Å². The summed E-state index contributed by atoms with van der Waals surface area (Å²) in [6, 6.07) is 3.75. The van der Waals surface area contributed by atoms with Crippen LogP contribution in [0.5, 0.6) is 5.75 Å². The van der Waals surface area contributed by atoms with Crippen LogP contribution in [0.15, 0.2) is 21.6 Å². The monoisotopic (exact) mass is 367 g/mol. The Morgan fingerprint density at radius 3 is 2.69 bits per heavy atom. The standard InChI is InChI=1S/C11H12Br2ClNO/c1-7-5-8(16-4-3-10(12)13)6-9(14)11(7)15-2/h3,5-6,15H,4H2,1-2H3. The highest BCUT2D eigenvalue weighted by Gasteiger charge is 2.05. The summed E-state index contributed by atoms with van der Waals surface area (Å²) in [6.07, 6.45) is 1.87. The number of ether oxygens (including phenoxy) is 1. The Balaban J connectivity index is 2.80. The van der Waals surface area contributed by atoms with Crippen molar-refractivity contribution in [2.24, 2.45) is 0 Å². The predicted octanol–water partition coefficient (Wildman–Crippen LogP) is 4.70. The second kappa shape index (κ2) is 6.52. The van der Waals surface area contributed by atoms with Crippen molar-refractivity contribution in [1.82, 2.24) is 0 Å². The van der Waals surface area contributed by atoms with Crippen LogP contribution in [0.4, 0.5) is 5.69 Å². The topological polar surface area (TPSA) is 21.3 Å². The third-order valence-corrected chi connectivity index (χ3v) is 2.94. The van der Waals surface area contributed by atoms with Crippen LogP contribution in [-0.4, -0.2) is 13.7 Å². The third kappa shape index (κ3) is 4.00. The SMILES string of the molecule is CNc1c(C)cc(OCC=C(Br)Br)cc1Cl. The Kier molecular flexibility index (Phi) is 5.66. The van der Waals surface area contributed by atoms with Gasteiger partial charge in [0.05, 0.1) is 14.1 Å². The first-order valence-corrected chi connectivity index (χ1v) is 6.63. The van der Waals surface area contributed by atoms with Gasteiger partial charge in [-0.3, -0.25) is 0 Å². The predicted molar refractivity (Wildman–Crippen MR) is 77.2 cm³/mol. The summed E-state index contributed by atoms with van der Waals surface area (Å²) in [5, 5.41) is 3.72. The number of rotatable bonds is 4. The van der Waals surface area contributed by atoms with Crippen LogP contribution in [0, 0.1) is 6.92 Å². The van der Waals surface area contributed by atoms with E-state index in [1.165, 1.54) is 0 Å². The van der Waals surface area contributed by atoms with Crippen molar-refractivity contribution in [2.45, 2.75) is 6.92 Å². The van der Waals surface area contributed by atoms with E-state index in [4.69, 9.17) is 16.3 Å². The molecule has 0 unspecified atom stereocenters. The van der Waals surface area contributed by atoms with E-state index in [1.807, 2.05) is 26.1 Å². The molecule has 0 aliphatic heterocycles. The largest absolute Gasteiger partial charge is 0.489 e. The molecule has 0 aliphatic carbocycles. The smallest absolute Gasteiger partial charge is 0.121 e. The first-order chi connectivity index (χ1) is 7.54. The van der Waals surface area contributed by atoms with Crippen LogP contribution in [0.25, 0.3) is 0 Å². The highest BCUT2D eigenvalue weighted by molar-refractivity contribution is 9.28. The van der Waals surface area contributed by atoms with Crippen molar-refractivity contribution in [2.75, 3.05) is 19.0 Å². The van der Waals surface area contributed by atoms with E-state index in [0.29, 0.717) is 11.6 Å². The summed E-state index contributed by atoms with van der Waals surface area (Å²) in [6.45, 7) is 2.47. The molecule has 0 radical (unpaired) electrons. The van der Waals surface area contributed by atoms with Crippen molar-refractivity contribution in [1.29, 1.82) is 0 Å². The quantitative estimate of drug-likeness (QED) is 0.831. The van der Waals surface area contributed by atoms with Crippen LogP contribution in [0.2, 0.25) is 5.02 Å². The molecule has 0 heterocycles. The lowest BCUT2D eigenvalue weighted by Crippen LogP contribution is -1.97. The van der Waals surface area contributed by atoms with Crippen LogP contribution < -0.4 is 10.1 Å². The van der Waals surface area contributed by atoms with Crippen LogP contribution in [0.3, 0.4) is 0 Å². The van der Waals surface area contributed by atoms with Crippen LogP contribution >= 0.6 is 43.5 Å². The maximum atomic E-state index is 6.10. The average Bonchev–Trinajstić information content (AvgIpc) is 2.16. The molecule has 2 nitrogen and oxygen atoms in total. The minimum Gasteiger partial charge on any atom is -0.489 e. The lowest BCUT2D eigenvalue weighted by molar-refractivity contribution is 0.363. The molecule has 0 fully saturated rings. The minimum atomic E-state index is 0.487. The maximum Gasteiger partial charge on any atom is 0.121 e. The summed E-state index contributed by atoms with van der Waals surface area (Å²) in [5.41, 5.74) is 2.00. The molecule has 88 valence electrons. The van der Waals surface area contributed by atoms with E-state index in [9.17, 15) is 0 Å². The van der Waals surface area contributed by atoms with Gasteiger partial charge in [-0.2, -0.15) is 0 Å². The highest BCUT2D eigenvalue weighted by Crippen LogP contribution is 2.30. The molecule has 1 N–H and O–H groups in total. The van der Waals surface area contributed by atoms with Gasteiger partial charge < -0.3 is 10.1 Å². The molecule has 0 bridgehead atoms. The fourth-order valence-corrected chi connectivity index (χ4v) is 1.93. The fourth-order valence-electron chi connectivity index (χ4n) is 1.31. The van der Waals surface area contributed by atoms with Gasteiger partial charge in [0.2, 0.25) is 0 Å². The van der Waals surface area contributed by atoms with Crippen molar-refractivity contribution >= 4 is 49.1 Å². The van der Waals surface area contributed by atoms with Gasteiger partial charge in [0.25, 0.3) is 0 Å². The number of halogens is 3. The molecule has 1 aromatic rings. The second-order valence-corrected chi connectivity index (χ2v) is 6.33. The zero-order valence-electron chi connectivity index (χ0n) is 8.98. The van der Waals surface area contributed by atoms with E-state index >= 15 is 0 Å². The molecule has 0 spiro atoms. The van der Waals surface area contributed by atoms with Crippen molar-refractivity contribution in [3.63, 3.8) is 0 Å². The number of benzene rings is 1. The van der Waals surface area contributed by atoms with Gasteiger partial charge in [-0.05, 0) is 56.5 Å². The number of anilines is 1. The normalized spacial score (nSPS) is 9.81. The van der Waals surface area contributed by atoms with Crippen molar-refractivity contribution in [3.05, 3.63) is 32.2 Å². The van der Waals surface area contributed by atoms with Crippen LogP contribution in [-0.2, 0) is 0 Å². The van der Waals surface area contributed by atoms with E-state index in [-0.39, 0.29) is 0 Å². The van der Waals surface area contributed by atoms with E-state index in [0.717, 1.165) is 20.4 Å². The highest BCUT2D eigenvalue weighted by atomic mass is 79.9. The zero-order valence-corrected chi connectivity index (χ0v) is 12.9. The summed E-state index contributed by atoms with van der Waals surface area (Å²) in [4.78, 5) is 0. The molecule has 0 atom stereocenters. The molecule has 16 heavy (non-hydrogen) atoms. The van der Waals surface area contributed by atoms with Gasteiger partial charge >= 0.3 is 0 Å². The Bertz CT molecular complexity index is 380. The van der Waals surface area contributed by atoms with Gasteiger partial charge in [-0.15, -0.1) is 0 Å². The molecular weight excluding hydrogens is 357 g/mol. The van der Waals surface area contributed by atoms with Crippen molar-refractivity contribution < 1.29 is 4.74 Å². The Labute approximate surface area is 117 Å². The lowest BCUT2D eigenvalue weighted by Gasteiger charge is -2.11. The Morgan fingerprint density at radius 1 is 1.50 bits per heavy atom. The van der Waals surface area contributed by atoms with Crippen LogP contribution in [0.1, 0.15) is 5.56 Å². The lowest BCUT2D eigenvalue weighted by atomic mass is 10.2. The molecule has 1 rings (SSSR count). The first-order valence-electron chi connectivity index (χ1n) is 4.66. The average molecular weight is 369 g/mol. The second-order valence-electron chi connectivity index (χ2n) is 3.15.